The summed E-state index contributed by atoms with van der Waals surface area (Å²) in [4.78, 5) is 36.1. The van der Waals surface area contributed by atoms with Crippen LogP contribution in [-0.4, -0.2) is 59.4 Å². The highest BCUT2D eigenvalue weighted by Crippen LogP contribution is 2.10. The minimum absolute atomic E-state index is 0.0837. The van der Waals surface area contributed by atoms with Gasteiger partial charge in [0.15, 0.2) is 0 Å². The van der Waals surface area contributed by atoms with Crippen LogP contribution in [-0.2, 0) is 11.3 Å². The lowest BCUT2D eigenvalue weighted by atomic mass is 10.2. The first-order chi connectivity index (χ1) is 14.1. The molecular formula is C21H27FN5O2+. The van der Waals surface area contributed by atoms with Gasteiger partial charge < -0.3 is 15.1 Å². The maximum atomic E-state index is 13.2. The number of aromatic nitrogens is 2. The van der Waals surface area contributed by atoms with E-state index in [0.717, 1.165) is 12.1 Å². The summed E-state index contributed by atoms with van der Waals surface area (Å²) in [5.74, 6) is -0.726. The summed E-state index contributed by atoms with van der Waals surface area (Å²) in [6.07, 6.45) is 7.06. The van der Waals surface area contributed by atoms with Crippen molar-refractivity contribution in [3.63, 3.8) is 0 Å². The van der Waals surface area contributed by atoms with E-state index in [1.54, 1.807) is 17.0 Å². The van der Waals surface area contributed by atoms with Crippen molar-refractivity contribution in [2.75, 3.05) is 32.7 Å². The minimum Gasteiger partial charge on any atom is -0.350 e. The molecule has 0 atom stereocenters. The Bertz CT molecular complexity index is 794. The Kier molecular flexibility index (Phi) is 7.63. The number of benzene rings is 1. The standard InChI is InChI=1S/C21H26FN5O2/c22-18-5-3-17(4-6-18)16-27(21(29)19-15-23-8-9-24-19)13-7-20(28)25-10-14-26-11-1-2-12-26/h3-6,8-9,15H,1-2,7,10-14,16H2,(H,25,28)/p+1. The van der Waals surface area contributed by atoms with E-state index in [9.17, 15) is 14.0 Å². The third-order valence-electron chi connectivity index (χ3n) is 5.08. The highest BCUT2D eigenvalue weighted by atomic mass is 19.1. The van der Waals surface area contributed by atoms with Crippen molar-refractivity contribution in [3.05, 3.63) is 59.9 Å². The molecule has 0 bridgehead atoms. The van der Waals surface area contributed by atoms with Gasteiger partial charge in [0.25, 0.3) is 5.91 Å². The van der Waals surface area contributed by atoms with Crippen molar-refractivity contribution in [3.8, 4) is 0 Å². The number of quaternary nitrogens is 1. The number of carbonyl (C=O) groups excluding carboxylic acids is 2. The second kappa shape index (κ2) is 10.6. The first-order valence-corrected chi connectivity index (χ1v) is 10.0. The molecule has 1 saturated heterocycles. The van der Waals surface area contributed by atoms with Crippen molar-refractivity contribution < 1.29 is 18.9 Å². The zero-order valence-electron chi connectivity index (χ0n) is 16.4. The van der Waals surface area contributed by atoms with Gasteiger partial charge in [-0.05, 0) is 17.7 Å². The van der Waals surface area contributed by atoms with Crippen LogP contribution in [0.15, 0.2) is 42.9 Å². The van der Waals surface area contributed by atoms with Crippen molar-refractivity contribution in [1.82, 2.24) is 20.2 Å². The average Bonchev–Trinajstić information content (AvgIpc) is 3.26. The Balaban J connectivity index is 1.56. The van der Waals surface area contributed by atoms with Crippen molar-refractivity contribution in [2.45, 2.75) is 25.8 Å². The van der Waals surface area contributed by atoms with Crippen molar-refractivity contribution in [2.24, 2.45) is 0 Å². The van der Waals surface area contributed by atoms with Gasteiger partial charge in [-0.3, -0.25) is 14.6 Å². The number of likely N-dealkylation sites (tertiary alicyclic amines) is 1. The Morgan fingerprint density at radius 3 is 2.59 bits per heavy atom. The summed E-state index contributed by atoms with van der Waals surface area (Å²) in [6, 6.07) is 5.97. The van der Waals surface area contributed by atoms with Gasteiger partial charge in [-0.25, -0.2) is 9.37 Å². The molecule has 2 aromatic rings. The third-order valence-corrected chi connectivity index (χ3v) is 5.08. The smallest absolute Gasteiger partial charge is 0.274 e. The first kappa shape index (κ1) is 20.9. The maximum absolute atomic E-state index is 13.2. The molecule has 2 N–H and O–H groups in total. The monoisotopic (exact) mass is 400 g/mol. The summed E-state index contributed by atoms with van der Waals surface area (Å²) in [5.41, 5.74) is 0.995. The molecule has 1 aromatic carbocycles. The van der Waals surface area contributed by atoms with Gasteiger partial charge in [-0.2, -0.15) is 0 Å². The van der Waals surface area contributed by atoms with Crippen LogP contribution in [0, 0.1) is 5.82 Å². The van der Waals surface area contributed by atoms with E-state index in [2.05, 4.69) is 15.3 Å². The van der Waals surface area contributed by atoms with Crippen LogP contribution in [0.4, 0.5) is 4.39 Å². The van der Waals surface area contributed by atoms with E-state index < -0.39 is 0 Å². The lowest BCUT2D eigenvalue weighted by molar-refractivity contribution is -0.886. The fraction of sp³-hybridized carbons (Fsp3) is 0.429. The fourth-order valence-electron chi connectivity index (χ4n) is 3.46. The Morgan fingerprint density at radius 1 is 1.14 bits per heavy atom. The molecular weight excluding hydrogens is 373 g/mol. The molecule has 1 fully saturated rings. The second-order valence-electron chi connectivity index (χ2n) is 7.25. The van der Waals surface area contributed by atoms with E-state index in [0.29, 0.717) is 6.54 Å². The van der Waals surface area contributed by atoms with Crippen LogP contribution in [0.2, 0.25) is 0 Å². The zero-order valence-corrected chi connectivity index (χ0v) is 16.4. The number of nitrogens with zero attached hydrogens (tertiary/aromatic N) is 3. The molecule has 0 spiro atoms. The third kappa shape index (κ3) is 6.60. The summed E-state index contributed by atoms with van der Waals surface area (Å²) in [7, 11) is 0. The van der Waals surface area contributed by atoms with Gasteiger partial charge in [0.1, 0.15) is 11.5 Å². The Hall–Kier alpha value is -2.87. The summed E-state index contributed by atoms with van der Waals surface area (Å²) < 4.78 is 13.2. The van der Waals surface area contributed by atoms with E-state index in [4.69, 9.17) is 0 Å². The van der Waals surface area contributed by atoms with Crippen LogP contribution >= 0.6 is 0 Å². The molecule has 2 heterocycles. The SMILES string of the molecule is O=C(CCN(Cc1ccc(F)cc1)C(=O)c1cnccn1)NCC[NH+]1CCCC1. The van der Waals surface area contributed by atoms with E-state index >= 15 is 0 Å². The minimum atomic E-state index is -0.333. The van der Waals surface area contributed by atoms with Gasteiger partial charge in [-0.1, -0.05) is 12.1 Å². The molecule has 1 aliphatic heterocycles. The molecule has 29 heavy (non-hydrogen) atoms. The van der Waals surface area contributed by atoms with E-state index in [1.807, 2.05) is 0 Å². The van der Waals surface area contributed by atoms with Gasteiger partial charge in [0.05, 0.1) is 32.4 Å². The van der Waals surface area contributed by atoms with E-state index in [-0.39, 0.29) is 42.8 Å². The lowest BCUT2D eigenvalue weighted by Crippen LogP contribution is -3.10. The highest BCUT2D eigenvalue weighted by molar-refractivity contribution is 5.92. The second-order valence-corrected chi connectivity index (χ2v) is 7.25. The van der Waals surface area contributed by atoms with Crippen LogP contribution < -0.4 is 10.2 Å². The predicted molar refractivity (Wildman–Crippen MR) is 106 cm³/mol. The summed E-state index contributed by atoms with van der Waals surface area (Å²) in [5, 5.41) is 2.94. The lowest BCUT2D eigenvalue weighted by Gasteiger charge is -2.22. The highest BCUT2D eigenvalue weighted by Gasteiger charge is 2.19. The fourth-order valence-corrected chi connectivity index (χ4v) is 3.46. The zero-order chi connectivity index (χ0) is 20.5. The quantitative estimate of drug-likeness (QED) is 0.640. The summed E-state index contributed by atoms with van der Waals surface area (Å²) >= 11 is 0. The molecule has 2 amide bonds. The number of hydrogen-bond donors (Lipinski definition) is 2. The average molecular weight is 400 g/mol. The van der Waals surface area contributed by atoms with E-state index in [1.165, 1.54) is 61.6 Å². The number of hydrogen-bond acceptors (Lipinski definition) is 4. The molecule has 3 rings (SSSR count). The number of amides is 2. The number of halogens is 1. The number of rotatable bonds is 9. The first-order valence-electron chi connectivity index (χ1n) is 10.0. The maximum Gasteiger partial charge on any atom is 0.274 e. The number of nitrogens with one attached hydrogen (secondary N) is 2. The molecule has 8 heteroatoms. The molecule has 0 unspecified atom stereocenters. The largest absolute Gasteiger partial charge is 0.350 e. The molecule has 7 nitrogen and oxygen atoms in total. The topological polar surface area (TPSA) is 79.6 Å². The molecule has 154 valence electrons. The molecule has 0 radical (unpaired) electrons. The molecule has 0 aliphatic carbocycles. The molecule has 1 aliphatic rings. The number of carbonyl (C=O) groups is 2. The molecule has 1 aromatic heterocycles. The van der Waals surface area contributed by atoms with Gasteiger partial charge in [0.2, 0.25) is 5.91 Å². The van der Waals surface area contributed by atoms with Crippen LogP contribution in [0.1, 0.15) is 35.3 Å². The van der Waals surface area contributed by atoms with Crippen molar-refractivity contribution >= 4 is 11.8 Å². The van der Waals surface area contributed by atoms with Gasteiger partial charge in [-0.15, -0.1) is 0 Å². The Morgan fingerprint density at radius 2 is 1.90 bits per heavy atom. The molecule has 0 saturated carbocycles. The Labute approximate surface area is 169 Å². The van der Waals surface area contributed by atoms with Crippen LogP contribution in [0.5, 0.6) is 0 Å². The van der Waals surface area contributed by atoms with Gasteiger partial charge in [0, 0.05) is 44.7 Å². The van der Waals surface area contributed by atoms with Gasteiger partial charge >= 0.3 is 0 Å². The van der Waals surface area contributed by atoms with Crippen molar-refractivity contribution in [1.29, 1.82) is 0 Å². The normalized spacial score (nSPS) is 14.0. The van der Waals surface area contributed by atoms with Crippen LogP contribution in [0.25, 0.3) is 0 Å². The van der Waals surface area contributed by atoms with Crippen LogP contribution in [0.3, 0.4) is 0 Å². The predicted octanol–water partition coefficient (Wildman–Crippen LogP) is 0.443. The summed E-state index contributed by atoms with van der Waals surface area (Å²) in [6.45, 7) is 4.44.